The summed E-state index contributed by atoms with van der Waals surface area (Å²) in [7, 11) is 1.56. The second kappa shape index (κ2) is 9.57. The molecule has 10 heteroatoms. The van der Waals surface area contributed by atoms with Gasteiger partial charge in [0.2, 0.25) is 0 Å². The molecule has 0 spiro atoms. The van der Waals surface area contributed by atoms with Crippen molar-refractivity contribution in [3.05, 3.63) is 0 Å². The van der Waals surface area contributed by atoms with E-state index in [1.165, 1.54) is 0 Å². The van der Waals surface area contributed by atoms with Crippen molar-refractivity contribution < 1.29 is 19.0 Å². The number of likely N-dealkylation sites (tertiary alicyclic amines) is 1. The molecule has 1 saturated heterocycles. The number of fused-ring (bicyclic) bond motifs is 1. The van der Waals surface area contributed by atoms with Crippen LogP contribution >= 0.6 is 0 Å². The number of amides is 1. The summed E-state index contributed by atoms with van der Waals surface area (Å²) in [6, 6.07) is 0.650. The summed E-state index contributed by atoms with van der Waals surface area (Å²) in [5, 5.41) is 0. The summed E-state index contributed by atoms with van der Waals surface area (Å²) in [5.41, 5.74) is 6.66. The molecule has 1 aliphatic rings. The van der Waals surface area contributed by atoms with Crippen LogP contribution in [0.1, 0.15) is 53.4 Å². The summed E-state index contributed by atoms with van der Waals surface area (Å²) in [6.45, 7) is 10.1. The summed E-state index contributed by atoms with van der Waals surface area (Å²) in [4.78, 5) is 27.5. The molecule has 3 heterocycles. The number of nitrogens with two attached hydrogens (primary N) is 1. The van der Waals surface area contributed by atoms with Gasteiger partial charge in [-0.05, 0) is 46.0 Å². The highest BCUT2D eigenvalue weighted by Crippen LogP contribution is 2.29. The van der Waals surface area contributed by atoms with Crippen molar-refractivity contribution in [3.8, 4) is 12.0 Å². The molecule has 10 nitrogen and oxygen atoms in total. The molecule has 1 aliphatic heterocycles. The number of imidazole rings is 1. The van der Waals surface area contributed by atoms with E-state index < -0.39 is 5.60 Å². The molecule has 31 heavy (non-hydrogen) atoms. The molecular formula is C21H34N6O4. The largest absolute Gasteiger partial charge is 0.468 e. The minimum absolute atomic E-state index is 0.202. The smallest absolute Gasteiger partial charge is 0.410 e. The fraction of sp³-hybridized carbons (Fsp3) is 0.714. The quantitative estimate of drug-likeness (QED) is 0.660. The Morgan fingerprint density at radius 1 is 1.26 bits per heavy atom. The van der Waals surface area contributed by atoms with Crippen LogP contribution in [-0.4, -0.2) is 62.9 Å². The molecule has 0 aromatic carbocycles. The van der Waals surface area contributed by atoms with Crippen LogP contribution in [0.3, 0.4) is 0 Å². The van der Waals surface area contributed by atoms with Crippen molar-refractivity contribution in [2.45, 2.75) is 65.5 Å². The Balaban J connectivity index is 1.81. The van der Waals surface area contributed by atoms with Gasteiger partial charge < -0.3 is 24.8 Å². The standard InChI is InChI=1S/C21H34N6O4/c1-6-7-11-30-18-24-16(22)15-17(25-18)27(19(23-15)29-5)13-14-9-8-10-26(12-14)20(28)31-21(2,3)4/h14H,6-13H2,1-5H3,(H2,22,24,25)/t14-/m0/s1. The zero-order valence-corrected chi connectivity index (χ0v) is 19.2. The zero-order chi connectivity index (χ0) is 22.6. The van der Waals surface area contributed by atoms with Crippen LogP contribution in [-0.2, 0) is 11.3 Å². The normalized spacial score (nSPS) is 17.1. The van der Waals surface area contributed by atoms with Gasteiger partial charge >= 0.3 is 12.1 Å². The van der Waals surface area contributed by atoms with Gasteiger partial charge in [-0.15, -0.1) is 0 Å². The Bertz CT molecular complexity index is 907. The number of carbonyl (C=O) groups is 1. The first-order valence-corrected chi connectivity index (χ1v) is 10.9. The molecule has 0 aliphatic carbocycles. The predicted molar refractivity (Wildman–Crippen MR) is 117 cm³/mol. The highest BCUT2D eigenvalue weighted by Gasteiger charge is 2.29. The molecule has 2 N–H and O–H groups in total. The summed E-state index contributed by atoms with van der Waals surface area (Å²) in [6.07, 6.45) is 3.52. The zero-order valence-electron chi connectivity index (χ0n) is 19.2. The molecule has 172 valence electrons. The van der Waals surface area contributed by atoms with Gasteiger partial charge in [-0.3, -0.25) is 4.57 Å². The molecular weight excluding hydrogens is 400 g/mol. The van der Waals surface area contributed by atoms with Crippen molar-refractivity contribution >= 4 is 23.1 Å². The van der Waals surface area contributed by atoms with Crippen molar-refractivity contribution in [3.63, 3.8) is 0 Å². The van der Waals surface area contributed by atoms with Gasteiger partial charge in [-0.2, -0.15) is 15.0 Å². The average molecular weight is 435 g/mol. The summed E-state index contributed by atoms with van der Waals surface area (Å²) >= 11 is 0. The molecule has 3 rings (SSSR count). The third-order valence-corrected chi connectivity index (χ3v) is 5.09. The number of nitrogens with zero attached hydrogens (tertiary/aromatic N) is 5. The second-order valence-electron chi connectivity index (χ2n) is 8.91. The van der Waals surface area contributed by atoms with Crippen molar-refractivity contribution in [2.75, 3.05) is 32.5 Å². The molecule has 1 fully saturated rings. The van der Waals surface area contributed by atoms with Crippen LogP contribution in [0.25, 0.3) is 11.2 Å². The lowest BCUT2D eigenvalue weighted by atomic mass is 9.98. The van der Waals surface area contributed by atoms with Gasteiger partial charge in [0.15, 0.2) is 17.0 Å². The highest BCUT2D eigenvalue weighted by molar-refractivity contribution is 5.83. The predicted octanol–water partition coefficient (Wildman–Crippen LogP) is 3.24. The van der Waals surface area contributed by atoms with E-state index in [-0.39, 0.29) is 23.8 Å². The number of nitrogen functional groups attached to an aromatic ring is 1. The number of piperidine rings is 1. The third kappa shape index (κ3) is 5.68. The highest BCUT2D eigenvalue weighted by atomic mass is 16.6. The van der Waals surface area contributed by atoms with Gasteiger partial charge in [-0.25, -0.2) is 4.79 Å². The van der Waals surface area contributed by atoms with E-state index in [2.05, 4.69) is 21.9 Å². The van der Waals surface area contributed by atoms with E-state index in [0.29, 0.717) is 43.4 Å². The van der Waals surface area contributed by atoms with E-state index >= 15 is 0 Å². The minimum atomic E-state index is -0.517. The number of carbonyl (C=O) groups excluding carboxylic acids is 1. The SMILES string of the molecule is CCCCOc1nc(N)c2nc(OC)n(C[C@H]3CCCN(C(=O)OC(C)(C)C)C3)c2n1. The lowest BCUT2D eigenvalue weighted by Gasteiger charge is -2.34. The number of hydrogen-bond acceptors (Lipinski definition) is 8. The van der Waals surface area contributed by atoms with Crippen LogP contribution in [0.4, 0.5) is 10.6 Å². The number of methoxy groups -OCH3 is 1. The molecule has 0 saturated carbocycles. The monoisotopic (exact) mass is 434 g/mol. The van der Waals surface area contributed by atoms with Crippen LogP contribution in [0.5, 0.6) is 12.0 Å². The summed E-state index contributed by atoms with van der Waals surface area (Å²) < 4.78 is 18.6. The molecule has 2 aromatic rings. The van der Waals surface area contributed by atoms with Crippen molar-refractivity contribution in [2.24, 2.45) is 5.92 Å². The number of ether oxygens (including phenoxy) is 3. The Morgan fingerprint density at radius 3 is 2.71 bits per heavy atom. The first kappa shape index (κ1) is 22.9. The van der Waals surface area contributed by atoms with Crippen molar-refractivity contribution in [1.29, 1.82) is 0 Å². The van der Waals surface area contributed by atoms with E-state index in [1.54, 1.807) is 12.0 Å². The average Bonchev–Trinajstić information content (AvgIpc) is 3.05. The van der Waals surface area contributed by atoms with Gasteiger partial charge in [0, 0.05) is 19.6 Å². The van der Waals surface area contributed by atoms with Gasteiger partial charge in [-0.1, -0.05) is 13.3 Å². The lowest BCUT2D eigenvalue weighted by molar-refractivity contribution is 0.0157. The van der Waals surface area contributed by atoms with E-state index in [1.807, 2.05) is 25.3 Å². The Hall–Kier alpha value is -2.78. The van der Waals surface area contributed by atoms with E-state index in [9.17, 15) is 4.79 Å². The molecule has 0 radical (unpaired) electrons. The molecule has 0 unspecified atom stereocenters. The number of aromatic nitrogens is 4. The van der Waals surface area contributed by atoms with Gasteiger partial charge in [0.1, 0.15) is 5.60 Å². The van der Waals surface area contributed by atoms with Crippen LogP contribution in [0.15, 0.2) is 0 Å². The third-order valence-electron chi connectivity index (χ3n) is 5.09. The topological polar surface area (TPSA) is 118 Å². The van der Waals surface area contributed by atoms with E-state index in [0.717, 1.165) is 25.7 Å². The molecule has 1 amide bonds. The van der Waals surface area contributed by atoms with Crippen LogP contribution in [0.2, 0.25) is 0 Å². The van der Waals surface area contributed by atoms with Crippen LogP contribution in [0, 0.1) is 5.92 Å². The maximum absolute atomic E-state index is 12.5. The summed E-state index contributed by atoms with van der Waals surface area (Å²) in [5.74, 6) is 0.459. The first-order chi connectivity index (χ1) is 14.7. The number of anilines is 1. The second-order valence-corrected chi connectivity index (χ2v) is 8.91. The van der Waals surface area contributed by atoms with Crippen molar-refractivity contribution in [1.82, 2.24) is 24.4 Å². The fourth-order valence-electron chi connectivity index (χ4n) is 3.64. The maximum Gasteiger partial charge on any atom is 0.410 e. The Morgan fingerprint density at radius 2 is 2.03 bits per heavy atom. The van der Waals surface area contributed by atoms with Gasteiger partial charge in [0.05, 0.1) is 13.7 Å². The molecule has 1 atom stereocenters. The Labute approximate surface area is 183 Å². The van der Waals surface area contributed by atoms with E-state index in [4.69, 9.17) is 19.9 Å². The molecule has 2 aromatic heterocycles. The fourth-order valence-corrected chi connectivity index (χ4v) is 3.64. The van der Waals surface area contributed by atoms with Crippen LogP contribution < -0.4 is 15.2 Å². The number of hydrogen-bond donors (Lipinski definition) is 1. The maximum atomic E-state index is 12.5. The first-order valence-electron chi connectivity index (χ1n) is 10.9. The lowest BCUT2D eigenvalue weighted by Crippen LogP contribution is -2.43. The number of unbranched alkanes of at least 4 members (excludes halogenated alkanes) is 1. The number of rotatable bonds is 7. The minimum Gasteiger partial charge on any atom is -0.468 e. The van der Waals surface area contributed by atoms with Gasteiger partial charge in [0.25, 0.3) is 6.01 Å². The Kier molecular flexibility index (Phi) is 7.07. The molecule has 0 bridgehead atoms.